The lowest BCUT2D eigenvalue weighted by molar-refractivity contribution is 0.0600. The van der Waals surface area contributed by atoms with Crippen molar-refractivity contribution in [2.45, 2.75) is 18.6 Å². The molecule has 2 heterocycles. The molecule has 3 N–H and O–H groups in total. The smallest absolute Gasteiger partial charge is 0.271 e. The molecule has 118 valence electrons. The number of halogens is 4. The van der Waals surface area contributed by atoms with Crippen molar-refractivity contribution in [2.24, 2.45) is 5.73 Å². The van der Waals surface area contributed by atoms with Gasteiger partial charge >= 0.3 is 0 Å². The molecule has 1 aliphatic rings. The summed E-state index contributed by atoms with van der Waals surface area (Å²) in [6, 6.07) is 2.07. The van der Waals surface area contributed by atoms with Gasteiger partial charge in [-0.25, -0.2) is 8.78 Å². The minimum Gasteiger partial charge on any atom is -0.349 e. The Bertz CT molecular complexity index is 749. The quantitative estimate of drug-likeness (QED) is 0.832. The number of nitrogens with two attached hydrogens (primary N) is 1. The number of hydrogen-bond acceptors (Lipinski definition) is 2. The SMILES string of the molecule is N[C@H]1CCN(C(=O)c2[nH]c3ccc(F)c(Cl)c3c2Cl)C[C@H]1F. The molecule has 1 aromatic heterocycles. The van der Waals surface area contributed by atoms with Gasteiger partial charge in [-0.15, -0.1) is 0 Å². The Kier molecular flexibility index (Phi) is 4.01. The Morgan fingerprint density at radius 1 is 1.36 bits per heavy atom. The van der Waals surface area contributed by atoms with E-state index in [2.05, 4.69) is 4.98 Å². The van der Waals surface area contributed by atoms with Crippen LogP contribution >= 0.6 is 23.2 Å². The van der Waals surface area contributed by atoms with Crippen LogP contribution in [0.5, 0.6) is 0 Å². The van der Waals surface area contributed by atoms with Crippen LogP contribution < -0.4 is 5.73 Å². The number of aromatic nitrogens is 1. The van der Waals surface area contributed by atoms with E-state index in [1.54, 1.807) is 0 Å². The van der Waals surface area contributed by atoms with E-state index in [0.717, 1.165) is 0 Å². The number of fused-ring (bicyclic) bond motifs is 1. The van der Waals surface area contributed by atoms with Crippen LogP contribution in [0.1, 0.15) is 16.9 Å². The van der Waals surface area contributed by atoms with Gasteiger partial charge in [0.15, 0.2) is 0 Å². The first-order chi connectivity index (χ1) is 10.4. The van der Waals surface area contributed by atoms with E-state index in [-0.39, 0.29) is 27.7 Å². The van der Waals surface area contributed by atoms with Crippen LogP contribution in [-0.2, 0) is 0 Å². The summed E-state index contributed by atoms with van der Waals surface area (Å²) in [5.74, 6) is -1.07. The van der Waals surface area contributed by atoms with Crippen LogP contribution in [0.3, 0.4) is 0 Å². The van der Waals surface area contributed by atoms with Gasteiger partial charge < -0.3 is 15.6 Å². The fraction of sp³-hybridized carbons (Fsp3) is 0.357. The maximum absolute atomic E-state index is 13.7. The van der Waals surface area contributed by atoms with Gasteiger partial charge in [0.1, 0.15) is 17.7 Å². The number of carbonyl (C=O) groups is 1. The monoisotopic (exact) mass is 347 g/mol. The molecule has 1 amide bonds. The zero-order valence-corrected chi connectivity index (χ0v) is 12.9. The summed E-state index contributed by atoms with van der Waals surface area (Å²) in [6.45, 7) is 0.252. The van der Waals surface area contributed by atoms with Crippen LogP contribution in [0, 0.1) is 5.82 Å². The molecule has 2 aromatic rings. The summed E-state index contributed by atoms with van der Waals surface area (Å²) >= 11 is 12.1. The fourth-order valence-electron chi connectivity index (χ4n) is 2.60. The van der Waals surface area contributed by atoms with Crippen molar-refractivity contribution in [1.82, 2.24) is 9.88 Å². The topological polar surface area (TPSA) is 62.1 Å². The first-order valence-electron chi connectivity index (χ1n) is 6.74. The number of rotatable bonds is 1. The molecule has 1 aliphatic heterocycles. The predicted octanol–water partition coefficient (Wildman–Crippen LogP) is 3.13. The third kappa shape index (κ3) is 2.45. The number of H-pyrrole nitrogens is 1. The summed E-state index contributed by atoms with van der Waals surface area (Å²) < 4.78 is 27.2. The number of likely N-dealkylation sites (tertiary alicyclic amines) is 1. The van der Waals surface area contributed by atoms with Gasteiger partial charge in [0.25, 0.3) is 5.91 Å². The van der Waals surface area contributed by atoms with E-state index in [0.29, 0.717) is 18.5 Å². The minimum atomic E-state index is -1.28. The predicted molar refractivity (Wildman–Crippen MR) is 81.7 cm³/mol. The third-order valence-corrected chi connectivity index (χ3v) is 4.63. The summed E-state index contributed by atoms with van der Waals surface area (Å²) in [4.78, 5) is 16.7. The highest BCUT2D eigenvalue weighted by Gasteiger charge is 2.31. The molecule has 1 fully saturated rings. The summed E-state index contributed by atoms with van der Waals surface area (Å²) in [7, 11) is 0. The lowest BCUT2D eigenvalue weighted by Crippen LogP contribution is -2.50. The average Bonchev–Trinajstić information content (AvgIpc) is 2.83. The van der Waals surface area contributed by atoms with Gasteiger partial charge in [-0.3, -0.25) is 4.79 Å². The number of aromatic amines is 1. The van der Waals surface area contributed by atoms with E-state index in [1.165, 1.54) is 17.0 Å². The molecule has 22 heavy (non-hydrogen) atoms. The lowest BCUT2D eigenvalue weighted by Gasteiger charge is -2.32. The van der Waals surface area contributed by atoms with E-state index in [1.807, 2.05) is 0 Å². The zero-order valence-electron chi connectivity index (χ0n) is 11.4. The van der Waals surface area contributed by atoms with Crippen molar-refractivity contribution in [3.8, 4) is 0 Å². The van der Waals surface area contributed by atoms with Crippen molar-refractivity contribution in [2.75, 3.05) is 13.1 Å². The molecule has 8 heteroatoms. The number of amides is 1. The normalized spacial score (nSPS) is 22.3. The molecular weight excluding hydrogens is 335 g/mol. The van der Waals surface area contributed by atoms with Gasteiger partial charge in [0.2, 0.25) is 0 Å². The van der Waals surface area contributed by atoms with Crippen LogP contribution in [-0.4, -0.2) is 41.1 Å². The minimum absolute atomic E-state index is 0.0368. The molecule has 0 bridgehead atoms. The highest BCUT2D eigenvalue weighted by Crippen LogP contribution is 2.35. The third-order valence-electron chi connectivity index (χ3n) is 3.89. The van der Waals surface area contributed by atoms with Crippen molar-refractivity contribution < 1.29 is 13.6 Å². The van der Waals surface area contributed by atoms with Gasteiger partial charge in [-0.2, -0.15) is 0 Å². The summed E-state index contributed by atoms with van der Waals surface area (Å²) in [5, 5.41) is 0.133. The second-order valence-corrected chi connectivity index (χ2v) is 6.07. The Balaban J connectivity index is 1.98. The molecule has 0 aliphatic carbocycles. The highest BCUT2D eigenvalue weighted by atomic mass is 35.5. The van der Waals surface area contributed by atoms with Crippen LogP contribution in [0.25, 0.3) is 10.9 Å². The second-order valence-electron chi connectivity index (χ2n) is 5.32. The van der Waals surface area contributed by atoms with Crippen LogP contribution in [0.4, 0.5) is 8.78 Å². The summed E-state index contributed by atoms with van der Waals surface area (Å²) in [5.41, 5.74) is 6.13. The number of benzene rings is 1. The van der Waals surface area contributed by atoms with Crippen LogP contribution in [0.15, 0.2) is 12.1 Å². The molecule has 4 nitrogen and oxygen atoms in total. The standard InChI is InChI=1S/C14H13Cl2F2N3O/c15-11-6(17)1-2-9-10(11)12(16)13(20-9)14(22)21-4-3-8(19)7(18)5-21/h1-2,7-8,20H,3-5,19H2/t7-,8+/m1/s1. The first kappa shape index (κ1) is 15.5. The van der Waals surface area contributed by atoms with Crippen molar-refractivity contribution in [1.29, 1.82) is 0 Å². The maximum Gasteiger partial charge on any atom is 0.271 e. The van der Waals surface area contributed by atoms with E-state index in [4.69, 9.17) is 28.9 Å². The Morgan fingerprint density at radius 3 is 2.77 bits per heavy atom. The summed E-state index contributed by atoms with van der Waals surface area (Å²) in [6.07, 6.45) is -0.901. The molecule has 0 spiro atoms. The fourth-order valence-corrected chi connectivity index (χ4v) is 3.23. The first-order valence-corrected chi connectivity index (χ1v) is 7.50. The van der Waals surface area contributed by atoms with Gasteiger partial charge in [0, 0.05) is 23.5 Å². The van der Waals surface area contributed by atoms with Gasteiger partial charge in [-0.1, -0.05) is 23.2 Å². The lowest BCUT2D eigenvalue weighted by atomic mass is 10.0. The van der Waals surface area contributed by atoms with E-state index < -0.39 is 23.9 Å². The van der Waals surface area contributed by atoms with E-state index >= 15 is 0 Å². The molecule has 2 atom stereocenters. The number of nitrogens with one attached hydrogen (secondary N) is 1. The number of carbonyl (C=O) groups excluding carboxylic acids is 1. The number of hydrogen-bond donors (Lipinski definition) is 2. The molecule has 0 unspecified atom stereocenters. The van der Waals surface area contributed by atoms with Crippen LogP contribution in [0.2, 0.25) is 10.0 Å². The molecule has 0 saturated carbocycles. The molecule has 1 saturated heterocycles. The number of nitrogens with zero attached hydrogens (tertiary/aromatic N) is 1. The van der Waals surface area contributed by atoms with Crippen molar-refractivity contribution in [3.63, 3.8) is 0 Å². The van der Waals surface area contributed by atoms with Gasteiger partial charge in [0.05, 0.1) is 16.6 Å². The highest BCUT2D eigenvalue weighted by molar-refractivity contribution is 6.44. The van der Waals surface area contributed by atoms with E-state index in [9.17, 15) is 13.6 Å². The molecule has 3 rings (SSSR count). The Hall–Kier alpha value is -1.37. The largest absolute Gasteiger partial charge is 0.349 e. The number of piperidine rings is 1. The molecular formula is C14H13Cl2F2N3O. The van der Waals surface area contributed by atoms with Crippen molar-refractivity contribution in [3.05, 3.63) is 33.7 Å². The zero-order chi connectivity index (χ0) is 16.0. The molecule has 0 radical (unpaired) electrons. The molecule has 1 aromatic carbocycles. The Morgan fingerprint density at radius 2 is 2.09 bits per heavy atom. The second kappa shape index (κ2) is 5.68. The van der Waals surface area contributed by atoms with Gasteiger partial charge in [-0.05, 0) is 18.6 Å². The average molecular weight is 348 g/mol. The number of alkyl halides is 1. The maximum atomic E-state index is 13.7. The Labute approximate surface area is 135 Å². The van der Waals surface area contributed by atoms with Crippen molar-refractivity contribution >= 4 is 40.0 Å².